The van der Waals surface area contributed by atoms with E-state index in [-0.39, 0.29) is 0 Å². The molecule has 0 aliphatic rings. The number of hydrogen-bond acceptors (Lipinski definition) is 0. The van der Waals surface area contributed by atoms with Crippen molar-refractivity contribution in [2.24, 2.45) is 5.92 Å². The van der Waals surface area contributed by atoms with Crippen molar-refractivity contribution in [3.8, 4) is 0 Å². The molecule has 0 fully saturated rings. The minimum absolute atomic E-state index is 0.974. The second kappa shape index (κ2) is 12.8. The summed E-state index contributed by atoms with van der Waals surface area (Å²) in [5, 5.41) is 0. The molecule has 0 heterocycles. The van der Waals surface area contributed by atoms with Gasteiger partial charge in [0, 0.05) is 0 Å². The van der Waals surface area contributed by atoms with Crippen LogP contribution in [0.2, 0.25) is 0 Å². The number of unbranched alkanes of at least 4 members (excludes halogenated alkanes) is 5. The van der Waals surface area contributed by atoms with Crippen LogP contribution in [0.3, 0.4) is 0 Å². The maximum atomic E-state index is 3.84. The van der Waals surface area contributed by atoms with Crippen molar-refractivity contribution in [1.29, 1.82) is 0 Å². The van der Waals surface area contributed by atoms with Crippen molar-refractivity contribution in [3.63, 3.8) is 0 Å². The molecule has 96 valence electrons. The highest BCUT2D eigenvalue weighted by molar-refractivity contribution is 4.70. The second-order valence-corrected chi connectivity index (χ2v) is 5.08. The lowest BCUT2D eigenvalue weighted by Crippen LogP contribution is -2.00. The van der Waals surface area contributed by atoms with Gasteiger partial charge in [-0.25, -0.2) is 0 Å². The van der Waals surface area contributed by atoms with Gasteiger partial charge in [0.1, 0.15) is 0 Å². The summed E-state index contributed by atoms with van der Waals surface area (Å²) >= 11 is 0. The van der Waals surface area contributed by atoms with E-state index in [1.807, 2.05) is 0 Å². The van der Waals surface area contributed by atoms with Gasteiger partial charge in [0.25, 0.3) is 0 Å². The lowest BCUT2D eigenvalue weighted by atomic mass is 9.91. The monoisotopic (exact) mass is 224 g/mol. The van der Waals surface area contributed by atoms with E-state index in [0.717, 1.165) is 5.92 Å². The number of rotatable bonds is 12. The third kappa shape index (κ3) is 10.3. The SMILES string of the molecule is C=CCCC(CCCCC)CCCCCC. The summed E-state index contributed by atoms with van der Waals surface area (Å²) in [4.78, 5) is 0. The standard InChI is InChI=1S/C16H32/c1-4-7-10-12-15-16(13-9-6-3)14-11-8-5-2/h6,16H,3-5,7-15H2,1-2H3. The van der Waals surface area contributed by atoms with Crippen molar-refractivity contribution in [2.45, 2.75) is 84.5 Å². The lowest BCUT2D eigenvalue weighted by molar-refractivity contribution is 0.387. The van der Waals surface area contributed by atoms with Crippen LogP contribution in [0.1, 0.15) is 84.5 Å². The molecule has 0 aromatic rings. The van der Waals surface area contributed by atoms with Crippen molar-refractivity contribution in [3.05, 3.63) is 12.7 Å². The third-order valence-corrected chi connectivity index (χ3v) is 3.46. The second-order valence-electron chi connectivity index (χ2n) is 5.08. The van der Waals surface area contributed by atoms with Gasteiger partial charge in [-0.05, 0) is 18.8 Å². The first-order valence-electron chi connectivity index (χ1n) is 7.46. The van der Waals surface area contributed by atoms with E-state index in [4.69, 9.17) is 0 Å². The molecule has 0 bridgehead atoms. The summed E-state index contributed by atoms with van der Waals surface area (Å²) in [5.41, 5.74) is 0. The quantitative estimate of drug-likeness (QED) is 0.277. The Bertz CT molecular complexity index is 137. The zero-order valence-corrected chi connectivity index (χ0v) is 11.6. The average molecular weight is 224 g/mol. The highest BCUT2D eigenvalue weighted by Gasteiger charge is 2.07. The van der Waals surface area contributed by atoms with Gasteiger partial charge in [0.15, 0.2) is 0 Å². The van der Waals surface area contributed by atoms with E-state index >= 15 is 0 Å². The molecule has 0 nitrogen and oxygen atoms in total. The van der Waals surface area contributed by atoms with E-state index in [0.29, 0.717) is 0 Å². The van der Waals surface area contributed by atoms with Gasteiger partial charge in [-0.15, -0.1) is 6.58 Å². The highest BCUT2D eigenvalue weighted by atomic mass is 14.1. The predicted molar refractivity (Wildman–Crippen MR) is 75.8 cm³/mol. The first-order valence-corrected chi connectivity index (χ1v) is 7.46. The normalized spacial score (nSPS) is 12.6. The van der Waals surface area contributed by atoms with Crippen molar-refractivity contribution in [1.82, 2.24) is 0 Å². The molecule has 1 atom stereocenters. The molecular formula is C16H32. The van der Waals surface area contributed by atoms with Crippen LogP contribution >= 0.6 is 0 Å². The third-order valence-electron chi connectivity index (χ3n) is 3.46. The van der Waals surface area contributed by atoms with Crippen LogP contribution in [0.5, 0.6) is 0 Å². The Morgan fingerprint density at radius 1 is 0.812 bits per heavy atom. The fourth-order valence-electron chi connectivity index (χ4n) is 2.33. The molecule has 0 radical (unpaired) electrons. The van der Waals surface area contributed by atoms with Gasteiger partial charge in [0.05, 0.1) is 0 Å². The summed E-state index contributed by atoms with van der Waals surface area (Å²) in [7, 11) is 0. The fraction of sp³-hybridized carbons (Fsp3) is 0.875. The van der Waals surface area contributed by atoms with E-state index in [1.54, 1.807) is 0 Å². The van der Waals surface area contributed by atoms with Crippen LogP contribution in [0.15, 0.2) is 12.7 Å². The zero-order chi connectivity index (χ0) is 12.1. The molecule has 0 aliphatic carbocycles. The Hall–Kier alpha value is -0.260. The molecule has 0 aromatic carbocycles. The Balaban J connectivity index is 3.58. The largest absolute Gasteiger partial charge is 0.103 e. The molecule has 1 unspecified atom stereocenters. The van der Waals surface area contributed by atoms with Crippen molar-refractivity contribution >= 4 is 0 Å². The van der Waals surface area contributed by atoms with Crippen LogP contribution in [-0.2, 0) is 0 Å². The summed E-state index contributed by atoms with van der Waals surface area (Å²) < 4.78 is 0. The molecule has 0 saturated heterocycles. The zero-order valence-electron chi connectivity index (χ0n) is 11.6. The minimum Gasteiger partial charge on any atom is -0.103 e. The summed E-state index contributed by atoms with van der Waals surface area (Å²) in [6.45, 7) is 8.42. The molecular weight excluding hydrogens is 192 g/mol. The fourth-order valence-corrected chi connectivity index (χ4v) is 2.33. The molecule has 0 amide bonds. The Morgan fingerprint density at radius 3 is 1.94 bits per heavy atom. The highest BCUT2D eigenvalue weighted by Crippen LogP contribution is 2.22. The van der Waals surface area contributed by atoms with Crippen LogP contribution in [0.4, 0.5) is 0 Å². The molecule has 0 aromatic heterocycles. The molecule has 0 N–H and O–H groups in total. The Morgan fingerprint density at radius 2 is 1.38 bits per heavy atom. The van der Waals surface area contributed by atoms with Crippen LogP contribution < -0.4 is 0 Å². The topological polar surface area (TPSA) is 0 Å². The Kier molecular flexibility index (Phi) is 12.6. The van der Waals surface area contributed by atoms with Gasteiger partial charge in [-0.2, -0.15) is 0 Å². The van der Waals surface area contributed by atoms with Gasteiger partial charge in [-0.1, -0.05) is 77.7 Å². The number of hydrogen-bond donors (Lipinski definition) is 0. The van der Waals surface area contributed by atoms with Crippen molar-refractivity contribution in [2.75, 3.05) is 0 Å². The van der Waals surface area contributed by atoms with Gasteiger partial charge in [-0.3, -0.25) is 0 Å². The molecule has 0 aliphatic heterocycles. The summed E-state index contributed by atoms with van der Waals surface area (Å²) in [6, 6.07) is 0. The molecule has 0 saturated carbocycles. The van der Waals surface area contributed by atoms with Crippen LogP contribution in [0.25, 0.3) is 0 Å². The lowest BCUT2D eigenvalue weighted by Gasteiger charge is -2.15. The van der Waals surface area contributed by atoms with E-state index in [2.05, 4.69) is 26.5 Å². The first-order chi connectivity index (χ1) is 7.85. The molecule has 0 rings (SSSR count). The maximum absolute atomic E-state index is 3.84. The average Bonchev–Trinajstić information content (AvgIpc) is 2.31. The van der Waals surface area contributed by atoms with Gasteiger partial charge < -0.3 is 0 Å². The van der Waals surface area contributed by atoms with E-state index < -0.39 is 0 Å². The predicted octanol–water partition coefficient (Wildman–Crippen LogP) is 6.12. The smallest absolute Gasteiger partial charge is 0.0351 e. The van der Waals surface area contributed by atoms with Gasteiger partial charge >= 0.3 is 0 Å². The number of allylic oxidation sites excluding steroid dienone is 1. The van der Waals surface area contributed by atoms with Crippen LogP contribution in [0, 0.1) is 5.92 Å². The first kappa shape index (κ1) is 15.7. The van der Waals surface area contributed by atoms with Gasteiger partial charge in [0.2, 0.25) is 0 Å². The molecule has 16 heavy (non-hydrogen) atoms. The molecule has 0 heteroatoms. The van der Waals surface area contributed by atoms with Crippen molar-refractivity contribution < 1.29 is 0 Å². The molecule has 0 spiro atoms. The van der Waals surface area contributed by atoms with E-state index in [9.17, 15) is 0 Å². The minimum atomic E-state index is 0.974. The summed E-state index contributed by atoms with van der Waals surface area (Å²) in [6.07, 6.45) is 17.4. The summed E-state index contributed by atoms with van der Waals surface area (Å²) in [5.74, 6) is 0.974. The Labute approximate surface area is 104 Å². The maximum Gasteiger partial charge on any atom is -0.0351 e. The van der Waals surface area contributed by atoms with Crippen LogP contribution in [-0.4, -0.2) is 0 Å². The van der Waals surface area contributed by atoms with E-state index in [1.165, 1.54) is 70.6 Å².